The van der Waals surface area contributed by atoms with Crippen molar-refractivity contribution in [3.63, 3.8) is 0 Å². The van der Waals surface area contributed by atoms with E-state index in [1.54, 1.807) is 18.5 Å². The van der Waals surface area contributed by atoms with Crippen LogP contribution in [0.2, 0.25) is 0 Å². The average molecular weight is 446 g/mol. The number of rotatable bonds is 9. The second kappa shape index (κ2) is 9.54. The number of furan rings is 1. The van der Waals surface area contributed by atoms with E-state index in [1.807, 2.05) is 48.5 Å². The lowest BCUT2D eigenvalue weighted by Crippen LogP contribution is -2.13. The molecule has 0 atom stereocenters. The van der Waals surface area contributed by atoms with E-state index in [9.17, 15) is 4.79 Å². The first kappa shape index (κ1) is 20.7. The summed E-state index contributed by atoms with van der Waals surface area (Å²) in [7, 11) is 0. The Bertz CT molecular complexity index is 1220. The Kier molecular flexibility index (Phi) is 6.18. The fourth-order valence-corrected chi connectivity index (χ4v) is 4.31. The van der Waals surface area contributed by atoms with Gasteiger partial charge < -0.3 is 14.5 Å². The van der Waals surface area contributed by atoms with Gasteiger partial charge in [0.1, 0.15) is 5.58 Å². The molecule has 1 aliphatic carbocycles. The molecule has 162 valence electrons. The molecular formula is C25H23N3O3S. The molecule has 0 unspecified atom stereocenters. The Labute approximate surface area is 190 Å². The Morgan fingerprint density at radius 3 is 2.78 bits per heavy atom. The van der Waals surface area contributed by atoms with Gasteiger partial charge in [-0.2, -0.15) is 0 Å². The minimum Gasteiger partial charge on any atom is -0.451 e. The van der Waals surface area contributed by atoms with E-state index in [0.717, 1.165) is 29.0 Å². The highest BCUT2D eigenvalue weighted by atomic mass is 32.2. The molecule has 2 aromatic heterocycles. The number of anilines is 1. The van der Waals surface area contributed by atoms with Gasteiger partial charge in [-0.1, -0.05) is 42.1 Å². The number of amides is 1. The molecule has 5 rings (SSSR count). The number of fused-ring (bicyclic) bond motifs is 1. The van der Waals surface area contributed by atoms with E-state index in [2.05, 4.69) is 15.3 Å². The van der Waals surface area contributed by atoms with Gasteiger partial charge in [0, 0.05) is 41.4 Å². The van der Waals surface area contributed by atoms with Crippen LogP contribution in [-0.2, 0) is 17.1 Å². The lowest BCUT2D eigenvalue weighted by atomic mass is 10.1. The van der Waals surface area contributed by atoms with E-state index in [1.165, 1.54) is 24.6 Å². The van der Waals surface area contributed by atoms with Gasteiger partial charge >= 0.3 is 0 Å². The highest BCUT2D eigenvalue weighted by Crippen LogP contribution is 2.32. The first-order valence-electron chi connectivity index (χ1n) is 10.6. The topological polar surface area (TPSA) is 77.2 Å². The van der Waals surface area contributed by atoms with Crippen molar-refractivity contribution < 1.29 is 13.9 Å². The Morgan fingerprint density at radius 1 is 1.09 bits per heavy atom. The van der Waals surface area contributed by atoms with Gasteiger partial charge in [0.25, 0.3) is 5.91 Å². The van der Waals surface area contributed by atoms with Crippen LogP contribution in [0.3, 0.4) is 0 Å². The van der Waals surface area contributed by atoms with Crippen LogP contribution in [0.1, 0.15) is 34.5 Å². The zero-order chi connectivity index (χ0) is 21.8. The molecular weight excluding hydrogens is 422 g/mol. The molecule has 0 spiro atoms. The highest BCUT2D eigenvalue weighted by Gasteiger charge is 2.22. The summed E-state index contributed by atoms with van der Waals surface area (Å²) in [6.07, 6.45) is 5.95. The number of nitrogens with one attached hydrogen (secondary N) is 1. The van der Waals surface area contributed by atoms with Crippen LogP contribution in [0, 0.1) is 5.92 Å². The summed E-state index contributed by atoms with van der Waals surface area (Å²) in [6, 6.07) is 17.2. The van der Waals surface area contributed by atoms with Gasteiger partial charge in [0.15, 0.2) is 10.9 Å². The molecule has 1 saturated carbocycles. The van der Waals surface area contributed by atoms with Gasteiger partial charge in [-0.05, 0) is 48.6 Å². The van der Waals surface area contributed by atoms with Crippen molar-refractivity contribution in [2.45, 2.75) is 30.4 Å². The summed E-state index contributed by atoms with van der Waals surface area (Å²) in [5.74, 6) is 1.29. The third-order valence-electron chi connectivity index (χ3n) is 5.30. The normalized spacial score (nSPS) is 13.4. The van der Waals surface area contributed by atoms with E-state index in [-0.39, 0.29) is 5.91 Å². The number of hydrogen-bond acceptors (Lipinski definition) is 6. The van der Waals surface area contributed by atoms with Crippen molar-refractivity contribution in [3.05, 3.63) is 83.9 Å². The third kappa shape index (κ3) is 5.00. The summed E-state index contributed by atoms with van der Waals surface area (Å²) < 4.78 is 11.7. The number of carbonyl (C=O) groups excluding carboxylic acids is 1. The lowest BCUT2D eigenvalue weighted by molar-refractivity contribution is 0.0997. The second-order valence-electron chi connectivity index (χ2n) is 7.84. The monoisotopic (exact) mass is 445 g/mol. The van der Waals surface area contributed by atoms with Crippen molar-refractivity contribution in [1.82, 2.24) is 9.97 Å². The van der Waals surface area contributed by atoms with Crippen LogP contribution in [0.15, 0.2) is 76.6 Å². The number of thioether (sulfide) groups is 1. The number of nitrogens with zero attached hydrogens (tertiary/aromatic N) is 2. The number of ether oxygens (including phenoxy) is 1. The Hall–Kier alpha value is -3.16. The number of para-hydroxylation sites is 1. The van der Waals surface area contributed by atoms with Crippen LogP contribution in [0.5, 0.6) is 0 Å². The van der Waals surface area contributed by atoms with Crippen molar-refractivity contribution in [3.8, 4) is 0 Å². The maximum atomic E-state index is 13.2. The first-order valence-corrected chi connectivity index (χ1v) is 11.6. The number of hydrogen-bond donors (Lipinski definition) is 1. The predicted molar refractivity (Wildman–Crippen MR) is 125 cm³/mol. The zero-order valence-electron chi connectivity index (χ0n) is 17.5. The molecule has 32 heavy (non-hydrogen) atoms. The molecule has 1 N–H and O–H groups in total. The summed E-state index contributed by atoms with van der Waals surface area (Å²) in [6.45, 7) is 1.35. The molecule has 2 aromatic carbocycles. The number of aromatic nitrogens is 2. The minimum atomic E-state index is -0.276. The maximum absolute atomic E-state index is 13.2. The van der Waals surface area contributed by atoms with E-state index in [0.29, 0.717) is 34.5 Å². The predicted octanol–water partition coefficient (Wildman–Crippen LogP) is 5.69. The van der Waals surface area contributed by atoms with Crippen LogP contribution in [0.25, 0.3) is 11.0 Å². The number of carbonyl (C=O) groups is 1. The van der Waals surface area contributed by atoms with Gasteiger partial charge in [0.05, 0.1) is 6.61 Å². The lowest BCUT2D eigenvalue weighted by Gasteiger charge is -2.08. The summed E-state index contributed by atoms with van der Waals surface area (Å²) in [5, 5.41) is 4.56. The molecule has 6 nitrogen and oxygen atoms in total. The van der Waals surface area contributed by atoms with Crippen molar-refractivity contribution >= 4 is 34.3 Å². The summed E-state index contributed by atoms with van der Waals surface area (Å²) in [5.41, 5.74) is 3.27. The maximum Gasteiger partial charge on any atom is 0.291 e. The molecule has 1 aliphatic rings. The summed E-state index contributed by atoms with van der Waals surface area (Å²) >= 11 is 1.47. The average Bonchev–Trinajstić information content (AvgIpc) is 3.57. The molecule has 0 radical (unpaired) electrons. The van der Waals surface area contributed by atoms with E-state index >= 15 is 0 Å². The number of benzene rings is 2. The molecule has 0 aliphatic heterocycles. The Balaban J connectivity index is 1.33. The van der Waals surface area contributed by atoms with Crippen LogP contribution in [-0.4, -0.2) is 22.5 Å². The molecule has 0 saturated heterocycles. The van der Waals surface area contributed by atoms with E-state index < -0.39 is 0 Å². The summed E-state index contributed by atoms with van der Waals surface area (Å²) in [4.78, 5) is 21.7. The molecule has 1 fully saturated rings. The van der Waals surface area contributed by atoms with Crippen LogP contribution < -0.4 is 5.32 Å². The van der Waals surface area contributed by atoms with Crippen molar-refractivity contribution in [2.24, 2.45) is 5.92 Å². The largest absolute Gasteiger partial charge is 0.451 e. The quantitative estimate of drug-likeness (QED) is 0.263. The van der Waals surface area contributed by atoms with Crippen molar-refractivity contribution in [1.29, 1.82) is 0 Å². The molecule has 2 heterocycles. The third-order valence-corrected chi connectivity index (χ3v) is 6.20. The molecule has 7 heteroatoms. The second-order valence-corrected chi connectivity index (χ2v) is 8.78. The standard InChI is InChI=1S/C25H23N3O3S/c29-24(28-19-6-3-5-18(13-19)15-30-14-17-9-10-17)23-21(16-32-25-26-11-4-12-27-25)20-7-1-2-8-22(20)31-23/h1-8,11-13,17H,9-10,14-16H2,(H,28,29). The molecule has 4 aromatic rings. The minimum absolute atomic E-state index is 0.276. The van der Waals surface area contributed by atoms with Gasteiger partial charge in [-0.25, -0.2) is 9.97 Å². The highest BCUT2D eigenvalue weighted by molar-refractivity contribution is 7.98. The molecule has 1 amide bonds. The van der Waals surface area contributed by atoms with Crippen LogP contribution >= 0.6 is 11.8 Å². The van der Waals surface area contributed by atoms with Gasteiger partial charge in [0.2, 0.25) is 0 Å². The first-order chi connectivity index (χ1) is 15.8. The van der Waals surface area contributed by atoms with Gasteiger partial charge in [-0.15, -0.1) is 0 Å². The molecule has 0 bridgehead atoms. The zero-order valence-corrected chi connectivity index (χ0v) is 18.3. The van der Waals surface area contributed by atoms with Gasteiger partial charge in [-0.3, -0.25) is 4.79 Å². The SMILES string of the molecule is O=C(Nc1cccc(COCC2CC2)c1)c1oc2ccccc2c1CSc1ncccn1. The smallest absolute Gasteiger partial charge is 0.291 e. The van der Waals surface area contributed by atoms with Crippen LogP contribution in [0.4, 0.5) is 5.69 Å². The fraction of sp³-hybridized carbons (Fsp3) is 0.240. The van der Waals surface area contributed by atoms with E-state index in [4.69, 9.17) is 9.15 Å². The fourth-order valence-electron chi connectivity index (χ4n) is 3.48. The Morgan fingerprint density at radius 2 is 1.94 bits per heavy atom. The van der Waals surface area contributed by atoms with Crippen molar-refractivity contribution in [2.75, 3.05) is 11.9 Å².